The van der Waals surface area contributed by atoms with Crippen molar-refractivity contribution in [3.63, 3.8) is 0 Å². The van der Waals surface area contributed by atoms with Gasteiger partial charge in [-0.1, -0.05) is 165 Å². The minimum Gasteiger partial charge on any atom is -0.252 e. The maximum absolute atomic E-state index is 3.05. The topological polar surface area (TPSA) is 3.24 Å². The Bertz CT molecular complexity index is 1960. The zero-order valence-corrected chi connectivity index (χ0v) is 32.3. The molecular weight excluding hydrogens is 677 g/mol. The van der Waals surface area contributed by atoms with Crippen LogP contribution in [0.4, 0.5) is 0 Å². The van der Waals surface area contributed by atoms with Crippen molar-refractivity contribution < 1.29 is 0 Å². The van der Waals surface area contributed by atoms with Gasteiger partial charge in [0.1, 0.15) is 0 Å². The molecule has 53 heavy (non-hydrogen) atoms. The fraction of sp³-hybridized carbons (Fsp3) is 0.160. The molecule has 1 nitrogen and oxygen atoms in total. The molecule has 1 fully saturated rings. The average molecular weight is 724 g/mol. The predicted molar refractivity (Wildman–Crippen MR) is 233 cm³/mol. The van der Waals surface area contributed by atoms with Crippen molar-refractivity contribution in [2.45, 2.75) is 38.3 Å². The molecule has 0 radical (unpaired) electrons. The SMILES string of the molecule is CCCCN(P(c1cc(-c2ccccc2)cc(-c2ccccc2)c1)c1cc(-c2ccccc2)cc(-c2ccccc2)c1)P1CCCC1c1ccccc1. The Morgan fingerprint density at radius 1 is 0.491 bits per heavy atom. The maximum Gasteiger partial charge on any atom is 0.0319 e. The van der Waals surface area contributed by atoms with Gasteiger partial charge < -0.3 is 0 Å². The van der Waals surface area contributed by atoms with Crippen LogP contribution >= 0.6 is 16.1 Å². The fourth-order valence-corrected chi connectivity index (χ4v) is 14.9. The van der Waals surface area contributed by atoms with Gasteiger partial charge >= 0.3 is 0 Å². The van der Waals surface area contributed by atoms with Gasteiger partial charge in [0.25, 0.3) is 0 Å². The molecule has 2 unspecified atom stereocenters. The second kappa shape index (κ2) is 17.0. The van der Waals surface area contributed by atoms with Crippen molar-refractivity contribution >= 4 is 26.8 Å². The third kappa shape index (κ3) is 8.15. The molecular formula is C50H47NP2. The largest absolute Gasteiger partial charge is 0.252 e. The van der Waals surface area contributed by atoms with Gasteiger partial charge in [-0.25, -0.2) is 0 Å². The van der Waals surface area contributed by atoms with E-state index in [1.54, 1.807) is 0 Å². The van der Waals surface area contributed by atoms with E-state index in [0.29, 0.717) is 5.66 Å². The van der Waals surface area contributed by atoms with E-state index in [1.807, 2.05) is 0 Å². The standard InChI is InChI=1S/C50H47NP2/c1-2-3-31-51(52-32-19-30-50(52)43-28-17-8-18-29-43)53(48-35-44(39-20-9-4-10-21-39)33-45(36-48)40-22-11-5-12-23-40)49-37-46(41-24-13-6-14-25-41)34-47(38-49)42-26-15-7-16-27-42/h4-18,20-29,33-38,50H,2-3,19,30-32H2,1H3. The second-order valence-corrected chi connectivity index (χ2v) is 18.9. The van der Waals surface area contributed by atoms with Crippen molar-refractivity contribution in [1.82, 2.24) is 4.44 Å². The molecule has 0 amide bonds. The van der Waals surface area contributed by atoms with E-state index in [1.165, 1.54) is 92.5 Å². The third-order valence-corrected chi connectivity index (χ3v) is 16.6. The molecule has 7 aromatic carbocycles. The molecule has 0 N–H and O–H groups in total. The van der Waals surface area contributed by atoms with Crippen LogP contribution in [0.5, 0.6) is 0 Å². The molecule has 1 heterocycles. The van der Waals surface area contributed by atoms with Gasteiger partial charge in [-0.3, -0.25) is 4.44 Å². The molecule has 8 rings (SSSR count). The summed E-state index contributed by atoms with van der Waals surface area (Å²) in [6.45, 7) is 3.45. The summed E-state index contributed by atoms with van der Waals surface area (Å²) in [5.74, 6) is 0. The average Bonchev–Trinajstić information content (AvgIpc) is 3.73. The monoisotopic (exact) mass is 723 g/mol. The Kier molecular flexibility index (Phi) is 11.4. The Labute approximate surface area is 319 Å². The summed E-state index contributed by atoms with van der Waals surface area (Å²) in [5.41, 5.74) is 12.3. The zero-order chi connectivity index (χ0) is 35.8. The van der Waals surface area contributed by atoms with Crippen LogP contribution in [0.3, 0.4) is 0 Å². The van der Waals surface area contributed by atoms with Crippen molar-refractivity contribution in [2.24, 2.45) is 0 Å². The van der Waals surface area contributed by atoms with Crippen LogP contribution < -0.4 is 10.6 Å². The van der Waals surface area contributed by atoms with Crippen molar-refractivity contribution in [2.75, 3.05) is 12.7 Å². The van der Waals surface area contributed by atoms with Gasteiger partial charge in [-0.2, -0.15) is 0 Å². The molecule has 1 saturated heterocycles. The number of rotatable bonds is 12. The van der Waals surface area contributed by atoms with Gasteiger partial charge in [0.05, 0.1) is 0 Å². The Morgan fingerprint density at radius 3 is 1.25 bits per heavy atom. The lowest BCUT2D eigenvalue weighted by atomic mass is 9.99. The van der Waals surface area contributed by atoms with E-state index in [4.69, 9.17) is 0 Å². The third-order valence-electron chi connectivity index (χ3n) is 10.4. The first kappa shape index (κ1) is 35.4. The molecule has 0 spiro atoms. The van der Waals surface area contributed by atoms with E-state index in [-0.39, 0.29) is 0 Å². The van der Waals surface area contributed by atoms with Crippen LogP contribution in [0.15, 0.2) is 188 Å². The number of nitrogens with zero attached hydrogens (tertiary/aromatic N) is 1. The number of hydrogen-bond donors (Lipinski definition) is 0. The number of hydrogen-bond acceptors (Lipinski definition) is 1. The molecule has 1 aliphatic heterocycles. The quantitative estimate of drug-likeness (QED) is 0.113. The Morgan fingerprint density at radius 2 is 0.868 bits per heavy atom. The van der Waals surface area contributed by atoms with Crippen LogP contribution in [-0.4, -0.2) is 17.1 Å². The van der Waals surface area contributed by atoms with E-state index in [0.717, 1.165) is 6.54 Å². The molecule has 0 aliphatic carbocycles. The number of benzene rings is 7. The highest BCUT2D eigenvalue weighted by molar-refractivity contribution is 7.79. The normalized spacial score (nSPS) is 15.6. The van der Waals surface area contributed by atoms with E-state index in [9.17, 15) is 0 Å². The Hall–Kier alpha value is -4.64. The predicted octanol–water partition coefficient (Wildman–Crippen LogP) is 13.7. The summed E-state index contributed by atoms with van der Waals surface area (Å²) in [5, 5.41) is 2.86. The minimum absolute atomic E-state index is 0.440. The van der Waals surface area contributed by atoms with Crippen LogP contribution in [-0.2, 0) is 0 Å². The van der Waals surface area contributed by atoms with Gasteiger partial charge in [-0.05, 0) is 131 Å². The summed E-state index contributed by atoms with van der Waals surface area (Å²) in [7, 11) is -1.36. The highest BCUT2D eigenvalue weighted by Gasteiger charge is 2.38. The molecule has 0 bridgehead atoms. The van der Waals surface area contributed by atoms with Crippen molar-refractivity contribution in [3.8, 4) is 44.5 Å². The first-order valence-corrected chi connectivity index (χ1v) is 22.0. The van der Waals surface area contributed by atoms with Crippen LogP contribution in [0, 0.1) is 0 Å². The van der Waals surface area contributed by atoms with Gasteiger partial charge in [0.2, 0.25) is 0 Å². The molecule has 1 aliphatic rings. The molecule has 262 valence electrons. The highest BCUT2D eigenvalue weighted by atomic mass is 31.2. The van der Waals surface area contributed by atoms with Gasteiger partial charge in [0, 0.05) is 20.3 Å². The molecule has 7 aromatic rings. The summed E-state index contributed by atoms with van der Waals surface area (Å²) >= 11 is 0. The van der Waals surface area contributed by atoms with Crippen LogP contribution in [0.2, 0.25) is 0 Å². The second-order valence-electron chi connectivity index (χ2n) is 14.0. The van der Waals surface area contributed by atoms with Crippen molar-refractivity contribution in [1.29, 1.82) is 0 Å². The lowest BCUT2D eigenvalue weighted by molar-refractivity contribution is 0.635. The first-order valence-electron chi connectivity index (χ1n) is 19.2. The zero-order valence-electron chi connectivity index (χ0n) is 30.6. The maximum atomic E-state index is 3.05. The summed E-state index contributed by atoms with van der Waals surface area (Å²) < 4.78 is 3.05. The van der Waals surface area contributed by atoms with E-state index < -0.39 is 16.1 Å². The lowest BCUT2D eigenvalue weighted by Crippen LogP contribution is -2.28. The first-order chi connectivity index (χ1) is 26.2. The van der Waals surface area contributed by atoms with E-state index >= 15 is 0 Å². The van der Waals surface area contributed by atoms with Gasteiger partial charge in [0.15, 0.2) is 0 Å². The summed E-state index contributed by atoms with van der Waals surface area (Å²) in [6.07, 6.45) is 6.20. The molecule has 3 heteroatoms. The van der Waals surface area contributed by atoms with Crippen molar-refractivity contribution in [3.05, 3.63) is 194 Å². The van der Waals surface area contributed by atoms with Crippen LogP contribution in [0.1, 0.15) is 43.8 Å². The summed E-state index contributed by atoms with van der Waals surface area (Å²) in [4.78, 5) is 0. The molecule has 0 aromatic heterocycles. The molecule has 0 saturated carbocycles. The highest BCUT2D eigenvalue weighted by Crippen LogP contribution is 2.68. The van der Waals surface area contributed by atoms with Gasteiger partial charge in [-0.15, -0.1) is 0 Å². The Balaban J connectivity index is 1.39. The fourth-order valence-electron chi connectivity index (χ4n) is 7.76. The number of unbranched alkanes of at least 4 members (excludes halogenated alkanes) is 1. The van der Waals surface area contributed by atoms with E-state index in [2.05, 4.69) is 199 Å². The minimum atomic E-state index is -0.918. The lowest BCUT2D eigenvalue weighted by Gasteiger charge is -2.40. The smallest absolute Gasteiger partial charge is 0.0319 e. The summed E-state index contributed by atoms with van der Waals surface area (Å²) in [6, 6.07) is 70.3. The van der Waals surface area contributed by atoms with Crippen LogP contribution in [0.25, 0.3) is 44.5 Å². The molecule has 2 atom stereocenters.